The normalized spacial score (nSPS) is 12.0. The van der Waals surface area contributed by atoms with E-state index in [4.69, 9.17) is 0 Å². The van der Waals surface area contributed by atoms with Crippen molar-refractivity contribution in [3.05, 3.63) is 0 Å². The Bertz CT molecular complexity index is 69.3. The zero-order valence-electron chi connectivity index (χ0n) is 6.78. The first kappa shape index (κ1) is 9.18. The van der Waals surface area contributed by atoms with Gasteiger partial charge >= 0.3 is 0 Å². The van der Waals surface area contributed by atoms with E-state index in [2.05, 4.69) is 20.8 Å². The minimum atomic E-state index is -1.70. The first-order valence-electron chi connectivity index (χ1n) is 3.91. The molecular formula is C7H18OSi. The van der Waals surface area contributed by atoms with Gasteiger partial charge in [0.1, 0.15) is 0 Å². The van der Waals surface area contributed by atoms with Gasteiger partial charge in [0.05, 0.1) is 0 Å². The fourth-order valence-electron chi connectivity index (χ4n) is 1.07. The Morgan fingerprint density at radius 2 is 1.56 bits per heavy atom. The van der Waals surface area contributed by atoms with E-state index in [-0.39, 0.29) is 0 Å². The van der Waals surface area contributed by atoms with E-state index < -0.39 is 8.32 Å². The van der Waals surface area contributed by atoms with Crippen LogP contribution in [-0.2, 0) is 0 Å². The molecule has 0 aliphatic heterocycles. The Hall–Kier alpha value is 0.177. The maximum atomic E-state index is 9.77. The molecule has 0 atom stereocenters. The van der Waals surface area contributed by atoms with E-state index in [0.717, 1.165) is 24.6 Å². The highest BCUT2D eigenvalue weighted by Crippen LogP contribution is 2.17. The highest BCUT2D eigenvalue weighted by Gasteiger charge is 2.24. The summed E-state index contributed by atoms with van der Waals surface area (Å²) < 4.78 is 0. The molecule has 2 heteroatoms. The quantitative estimate of drug-likeness (QED) is 0.604. The van der Waals surface area contributed by atoms with E-state index in [1.807, 2.05) is 0 Å². The predicted octanol–water partition coefficient (Wildman–Crippen LogP) is 2.37. The molecule has 0 saturated carbocycles. The van der Waals surface area contributed by atoms with Crippen molar-refractivity contribution >= 4 is 8.32 Å². The summed E-state index contributed by atoms with van der Waals surface area (Å²) in [7, 11) is -1.70. The van der Waals surface area contributed by atoms with Gasteiger partial charge in [0.25, 0.3) is 0 Å². The van der Waals surface area contributed by atoms with Crippen LogP contribution >= 0.6 is 0 Å². The van der Waals surface area contributed by atoms with Crippen molar-refractivity contribution in [1.82, 2.24) is 0 Å². The standard InChI is InChI=1S/C7H18OSi/c1-4-7-9(8,5-2)6-3/h8H,4-7H2,1-3H3. The molecule has 9 heavy (non-hydrogen) atoms. The van der Waals surface area contributed by atoms with Crippen molar-refractivity contribution in [3.8, 4) is 0 Å². The fraction of sp³-hybridized carbons (Fsp3) is 1.00. The molecule has 0 aromatic rings. The van der Waals surface area contributed by atoms with E-state index in [1.54, 1.807) is 0 Å². The van der Waals surface area contributed by atoms with Crippen LogP contribution in [-0.4, -0.2) is 13.1 Å². The Kier molecular flexibility index (Phi) is 4.15. The second-order valence-corrected chi connectivity index (χ2v) is 7.04. The van der Waals surface area contributed by atoms with E-state index in [9.17, 15) is 4.80 Å². The van der Waals surface area contributed by atoms with Crippen LogP contribution in [0.1, 0.15) is 27.2 Å². The molecule has 0 saturated heterocycles. The van der Waals surface area contributed by atoms with Crippen molar-refractivity contribution in [2.24, 2.45) is 0 Å². The Balaban J connectivity index is 3.62. The van der Waals surface area contributed by atoms with Gasteiger partial charge in [-0.25, -0.2) is 0 Å². The lowest BCUT2D eigenvalue weighted by Gasteiger charge is -2.20. The lowest BCUT2D eigenvalue weighted by atomic mass is 10.6. The molecule has 1 nitrogen and oxygen atoms in total. The van der Waals surface area contributed by atoms with E-state index in [1.165, 1.54) is 0 Å². The first-order valence-corrected chi connectivity index (χ1v) is 6.47. The van der Waals surface area contributed by atoms with Crippen molar-refractivity contribution in [3.63, 3.8) is 0 Å². The molecule has 0 rings (SSSR count). The van der Waals surface area contributed by atoms with Gasteiger partial charge in [-0.1, -0.05) is 27.2 Å². The maximum Gasteiger partial charge on any atom is 0.188 e. The molecule has 0 aromatic carbocycles. The predicted molar refractivity (Wildman–Crippen MR) is 44.0 cm³/mol. The summed E-state index contributed by atoms with van der Waals surface area (Å²) in [4.78, 5) is 9.77. The molecule has 0 radical (unpaired) electrons. The summed E-state index contributed by atoms with van der Waals surface area (Å²) in [5.41, 5.74) is 0. The molecule has 0 spiro atoms. The SMILES string of the molecule is CCC[Si](O)(CC)CC. The summed E-state index contributed by atoms with van der Waals surface area (Å²) in [6.45, 7) is 6.35. The van der Waals surface area contributed by atoms with Crippen LogP contribution in [0.15, 0.2) is 0 Å². The average molecular weight is 146 g/mol. The van der Waals surface area contributed by atoms with Gasteiger partial charge < -0.3 is 4.80 Å². The van der Waals surface area contributed by atoms with Gasteiger partial charge in [0, 0.05) is 0 Å². The van der Waals surface area contributed by atoms with Crippen LogP contribution in [0.3, 0.4) is 0 Å². The largest absolute Gasteiger partial charge is 0.432 e. The maximum absolute atomic E-state index is 9.77. The van der Waals surface area contributed by atoms with Gasteiger partial charge in [0.15, 0.2) is 8.32 Å². The van der Waals surface area contributed by atoms with Crippen molar-refractivity contribution < 1.29 is 4.80 Å². The van der Waals surface area contributed by atoms with Crippen LogP contribution < -0.4 is 0 Å². The third-order valence-corrected chi connectivity index (χ3v) is 6.09. The van der Waals surface area contributed by atoms with Crippen LogP contribution in [0.4, 0.5) is 0 Å². The van der Waals surface area contributed by atoms with Crippen LogP contribution in [0.25, 0.3) is 0 Å². The van der Waals surface area contributed by atoms with Gasteiger partial charge in [-0.2, -0.15) is 0 Å². The van der Waals surface area contributed by atoms with Crippen molar-refractivity contribution in [1.29, 1.82) is 0 Å². The average Bonchev–Trinajstić information content (AvgIpc) is 1.89. The highest BCUT2D eigenvalue weighted by molar-refractivity contribution is 6.72. The molecule has 1 N–H and O–H groups in total. The Labute approximate surface area is 59.2 Å². The highest BCUT2D eigenvalue weighted by atomic mass is 28.4. The number of hydrogen-bond donors (Lipinski definition) is 1. The minimum Gasteiger partial charge on any atom is -0.432 e. The molecule has 0 heterocycles. The minimum absolute atomic E-state index is 1.03. The molecule has 0 aliphatic rings. The number of rotatable bonds is 4. The zero-order valence-corrected chi connectivity index (χ0v) is 7.78. The lowest BCUT2D eigenvalue weighted by Crippen LogP contribution is -2.31. The summed E-state index contributed by atoms with van der Waals surface area (Å²) in [5, 5.41) is 0. The smallest absolute Gasteiger partial charge is 0.188 e. The summed E-state index contributed by atoms with van der Waals surface area (Å²) in [5.74, 6) is 0. The van der Waals surface area contributed by atoms with Crippen molar-refractivity contribution in [2.45, 2.75) is 45.3 Å². The van der Waals surface area contributed by atoms with Gasteiger partial charge in [-0.05, 0) is 18.1 Å². The third-order valence-electron chi connectivity index (χ3n) is 2.03. The van der Waals surface area contributed by atoms with E-state index >= 15 is 0 Å². The molecule has 0 fully saturated rings. The molecule has 0 amide bonds. The van der Waals surface area contributed by atoms with E-state index in [0.29, 0.717) is 0 Å². The number of hydrogen-bond acceptors (Lipinski definition) is 1. The monoisotopic (exact) mass is 146 g/mol. The van der Waals surface area contributed by atoms with Crippen LogP contribution in [0.5, 0.6) is 0 Å². The summed E-state index contributed by atoms with van der Waals surface area (Å²) >= 11 is 0. The fourth-order valence-corrected chi connectivity index (χ4v) is 3.21. The van der Waals surface area contributed by atoms with Gasteiger partial charge in [-0.15, -0.1) is 0 Å². The Morgan fingerprint density at radius 3 is 1.67 bits per heavy atom. The van der Waals surface area contributed by atoms with Crippen molar-refractivity contribution in [2.75, 3.05) is 0 Å². The Morgan fingerprint density at radius 1 is 1.11 bits per heavy atom. The molecule has 0 unspecified atom stereocenters. The summed E-state index contributed by atoms with van der Waals surface area (Å²) in [6, 6.07) is 3.13. The van der Waals surface area contributed by atoms with Crippen LogP contribution in [0.2, 0.25) is 18.1 Å². The molecule has 0 aromatic heterocycles. The first-order chi connectivity index (χ1) is 4.18. The lowest BCUT2D eigenvalue weighted by molar-refractivity contribution is 0.526. The van der Waals surface area contributed by atoms with Gasteiger partial charge in [0.2, 0.25) is 0 Å². The van der Waals surface area contributed by atoms with Gasteiger partial charge in [-0.3, -0.25) is 0 Å². The molecule has 0 bridgehead atoms. The molecular weight excluding hydrogens is 128 g/mol. The zero-order chi connectivity index (χ0) is 7.33. The third kappa shape index (κ3) is 3.01. The second kappa shape index (κ2) is 4.07. The molecule has 56 valence electrons. The summed E-state index contributed by atoms with van der Waals surface area (Å²) in [6.07, 6.45) is 1.14. The second-order valence-electron chi connectivity index (χ2n) is 2.68. The molecule has 0 aliphatic carbocycles. The topological polar surface area (TPSA) is 20.2 Å². The van der Waals surface area contributed by atoms with Crippen LogP contribution in [0, 0.1) is 0 Å².